The second-order valence-electron chi connectivity index (χ2n) is 4.84. The Labute approximate surface area is 118 Å². The van der Waals surface area contributed by atoms with Gasteiger partial charge in [0.1, 0.15) is 5.82 Å². The van der Waals surface area contributed by atoms with Gasteiger partial charge in [-0.15, -0.1) is 0 Å². The number of hydrogen-bond acceptors (Lipinski definition) is 6. The number of aliphatic hydroxyl groups excluding tert-OH is 1. The average Bonchev–Trinajstić information content (AvgIpc) is 2.46. The predicted octanol–water partition coefficient (Wildman–Crippen LogP) is 1.96. The van der Waals surface area contributed by atoms with Gasteiger partial charge in [-0.25, -0.2) is 4.98 Å². The minimum Gasteiger partial charge on any atom is -0.394 e. The smallest absolute Gasteiger partial charge is 0.222 e. The van der Waals surface area contributed by atoms with Crippen LogP contribution in [-0.2, 0) is 0 Å². The van der Waals surface area contributed by atoms with E-state index in [1.807, 2.05) is 6.07 Å². The molecule has 0 aromatic carbocycles. The van der Waals surface area contributed by atoms with Crippen LogP contribution in [0.25, 0.3) is 10.9 Å². The van der Waals surface area contributed by atoms with E-state index in [2.05, 4.69) is 27.2 Å². The minimum absolute atomic E-state index is 0.0211. The lowest BCUT2D eigenvalue weighted by Gasteiger charge is -2.18. The van der Waals surface area contributed by atoms with Gasteiger partial charge < -0.3 is 16.2 Å². The van der Waals surface area contributed by atoms with Gasteiger partial charge in [-0.3, -0.25) is 4.98 Å². The molecule has 0 amide bonds. The Kier molecular flexibility index (Phi) is 5.06. The third-order valence-electron chi connectivity index (χ3n) is 3.23. The predicted molar refractivity (Wildman–Crippen MR) is 80.4 cm³/mol. The summed E-state index contributed by atoms with van der Waals surface area (Å²) in [4.78, 5) is 12.4. The number of anilines is 2. The van der Waals surface area contributed by atoms with E-state index in [0.717, 1.165) is 31.1 Å². The Hall–Kier alpha value is -1.95. The lowest BCUT2D eigenvalue weighted by Crippen LogP contribution is -2.24. The molecule has 6 heteroatoms. The third kappa shape index (κ3) is 3.54. The van der Waals surface area contributed by atoms with Crippen molar-refractivity contribution in [1.29, 1.82) is 0 Å². The maximum atomic E-state index is 9.48. The van der Waals surface area contributed by atoms with Crippen LogP contribution < -0.4 is 11.1 Å². The van der Waals surface area contributed by atoms with Crippen molar-refractivity contribution in [2.24, 2.45) is 0 Å². The SMILES string of the molecule is CCCCCC(CO)Nc1nc(N)nc2cnccc12. The van der Waals surface area contributed by atoms with Gasteiger partial charge >= 0.3 is 0 Å². The summed E-state index contributed by atoms with van der Waals surface area (Å²) < 4.78 is 0. The van der Waals surface area contributed by atoms with Crippen molar-refractivity contribution in [1.82, 2.24) is 15.0 Å². The van der Waals surface area contributed by atoms with Crippen molar-refractivity contribution in [3.05, 3.63) is 18.5 Å². The van der Waals surface area contributed by atoms with Gasteiger partial charge in [-0.05, 0) is 12.5 Å². The van der Waals surface area contributed by atoms with Gasteiger partial charge in [0.05, 0.1) is 24.4 Å². The first kappa shape index (κ1) is 14.5. The Morgan fingerprint density at radius 3 is 2.95 bits per heavy atom. The van der Waals surface area contributed by atoms with Crippen molar-refractivity contribution in [3.8, 4) is 0 Å². The van der Waals surface area contributed by atoms with E-state index in [9.17, 15) is 5.11 Å². The van der Waals surface area contributed by atoms with Crippen molar-refractivity contribution in [2.75, 3.05) is 17.7 Å². The number of unbranched alkanes of at least 4 members (excludes halogenated alkanes) is 2. The summed E-state index contributed by atoms with van der Waals surface area (Å²) in [5, 5.41) is 13.6. The van der Waals surface area contributed by atoms with Crippen LogP contribution in [0.1, 0.15) is 32.6 Å². The van der Waals surface area contributed by atoms with Crippen LogP contribution >= 0.6 is 0 Å². The highest BCUT2D eigenvalue weighted by Crippen LogP contribution is 2.21. The van der Waals surface area contributed by atoms with Crippen LogP contribution in [0, 0.1) is 0 Å². The van der Waals surface area contributed by atoms with Crippen LogP contribution in [0.4, 0.5) is 11.8 Å². The first-order valence-electron chi connectivity index (χ1n) is 6.99. The van der Waals surface area contributed by atoms with E-state index >= 15 is 0 Å². The second kappa shape index (κ2) is 7.00. The number of aromatic nitrogens is 3. The van der Waals surface area contributed by atoms with Crippen LogP contribution in [0.2, 0.25) is 0 Å². The van der Waals surface area contributed by atoms with Gasteiger partial charge in [-0.2, -0.15) is 4.98 Å². The number of rotatable bonds is 7. The molecular formula is C14H21N5O. The molecule has 2 rings (SSSR count). The summed E-state index contributed by atoms with van der Waals surface area (Å²) in [6.07, 6.45) is 7.65. The molecule has 0 saturated carbocycles. The molecule has 0 aliphatic carbocycles. The number of nitrogens with two attached hydrogens (primary N) is 1. The minimum atomic E-state index is -0.0211. The van der Waals surface area contributed by atoms with Crippen molar-refractivity contribution >= 4 is 22.7 Å². The summed E-state index contributed by atoms with van der Waals surface area (Å²) in [5.74, 6) is 0.865. The van der Waals surface area contributed by atoms with Gasteiger partial charge in [-0.1, -0.05) is 26.2 Å². The van der Waals surface area contributed by atoms with Crippen molar-refractivity contribution < 1.29 is 5.11 Å². The van der Waals surface area contributed by atoms with Gasteiger partial charge in [0.2, 0.25) is 5.95 Å². The number of nitrogens with one attached hydrogen (secondary N) is 1. The van der Waals surface area contributed by atoms with E-state index in [1.54, 1.807) is 12.4 Å². The molecule has 0 spiro atoms. The van der Waals surface area contributed by atoms with Crippen LogP contribution in [-0.4, -0.2) is 32.7 Å². The highest BCUT2D eigenvalue weighted by atomic mass is 16.3. The molecule has 108 valence electrons. The molecule has 0 aliphatic rings. The highest BCUT2D eigenvalue weighted by Gasteiger charge is 2.11. The molecule has 0 saturated heterocycles. The maximum absolute atomic E-state index is 9.48. The Balaban J connectivity index is 2.18. The first-order chi connectivity index (χ1) is 9.74. The first-order valence-corrected chi connectivity index (χ1v) is 6.99. The number of hydrogen-bond donors (Lipinski definition) is 3. The van der Waals surface area contributed by atoms with Crippen molar-refractivity contribution in [3.63, 3.8) is 0 Å². The molecule has 20 heavy (non-hydrogen) atoms. The van der Waals surface area contributed by atoms with Crippen LogP contribution in [0.15, 0.2) is 18.5 Å². The van der Waals surface area contributed by atoms with Gasteiger partial charge in [0, 0.05) is 11.6 Å². The number of pyridine rings is 1. The molecule has 1 unspecified atom stereocenters. The van der Waals surface area contributed by atoms with Gasteiger partial charge in [0.15, 0.2) is 0 Å². The van der Waals surface area contributed by atoms with E-state index in [-0.39, 0.29) is 18.6 Å². The summed E-state index contributed by atoms with van der Waals surface area (Å²) in [6, 6.07) is 1.82. The molecule has 0 aliphatic heterocycles. The number of aliphatic hydroxyl groups is 1. The molecule has 0 radical (unpaired) electrons. The van der Waals surface area contributed by atoms with E-state index < -0.39 is 0 Å². The molecule has 2 aromatic rings. The fourth-order valence-electron chi connectivity index (χ4n) is 2.15. The third-order valence-corrected chi connectivity index (χ3v) is 3.23. The zero-order valence-corrected chi connectivity index (χ0v) is 11.7. The zero-order valence-electron chi connectivity index (χ0n) is 11.7. The van der Waals surface area contributed by atoms with Crippen LogP contribution in [0.5, 0.6) is 0 Å². The number of fused-ring (bicyclic) bond motifs is 1. The lowest BCUT2D eigenvalue weighted by atomic mass is 10.1. The standard InChI is InChI=1S/C14H21N5O/c1-2-3-4-5-10(9-20)17-13-11-6-7-16-8-12(11)18-14(15)19-13/h6-8,10,20H,2-5,9H2,1H3,(H3,15,17,18,19). The fraction of sp³-hybridized carbons (Fsp3) is 0.500. The maximum Gasteiger partial charge on any atom is 0.222 e. The summed E-state index contributed by atoms with van der Waals surface area (Å²) in [5.41, 5.74) is 6.41. The Bertz CT molecular complexity index is 560. The highest BCUT2D eigenvalue weighted by molar-refractivity contribution is 5.89. The van der Waals surface area contributed by atoms with E-state index in [4.69, 9.17) is 5.73 Å². The monoisotopic (exact) mass is 275 g/mol. The van der Waals surface area contributed by atoms with Crippen molar-refractivity contribution in [2.45, 2.75) is 38.6 Å². The molecule has 1 atom stereocenters. The van der Waals surface area contributed by atoms with E-state index in [1.165, 1.54) is 0 Å². The van der Waals surface area contributed by atoms with Gasteiger partial charge in [0.25, 0.3) is 0 Å². The number of nitrogen functional groups attached to an aromatic ring is 1. The normalized spacial score (nSPS) is 12.5. The molecule has 2 aromatic heterocycles. The molecule has 6 nitrogen and oxygen atoms in total. The summed E-state index contributed by atoms with van der Waals surface area (Å²) in [7, 11) is 0. The summed E-state index contributed by atoms with van der Waals surface area (Å²) in [6.45, 7) is 2.23. The topological polar surface area (TPSA) is 97.0 Å². The van der Waals surface area contributed by atoms with E-state index in [0.29, 0.717) is 11.3 Å². The molecule has 4 N–H and O–H groups in total. The summed E-state index contributed by atoms with van der Waals surface area (Å²) >= 11 is 0. The fourth-order valence-corrected chi connectivity index (χ4v) is 2.15. The Morgan fingerprint density at radius 2 is 2.20 bits per heavy atom. The Morgan fingerprint density at radius 1 is 1.35 bits per heavy atom. The zero-order chi connectivity index (χ0) is 14.4. The largest absolute Gasteiger partial charge is 0.394 e. The van der Waals surface area contributed by atoms with Crippen LogP contribution in [0.3, 0.4) is 0 Å². The average molecular weight is 275 g/mol. The molecule has 0 bridgehead atoms. The quantitative estimate of drug-likeness (QED) is 0.668. The second-order valence-corrected chi connectivity index (χ2v) is 4.84. The molecular weight excluding hydrogens is 254 g/mol. The molecule has 0 fully saturated rings. The molecule has 2 heterocycles. The lowest BCUT2D eigenvalue weighted by molar-refractivity contribution is 0.266. The number of nitrogens with zero attached hydrogens (tertiary/aromatic N) is 3.